The van der Waals surface area contributed by atoms with Gasteiger partial charge in [0.05, 0.1) is 5.69 Å². The molecule has 1 aromatic carbocycles. The van der Waals surface area contributed by atoms with E-state index in [1.165, 1.54) is 6.34 Å². The highest BCUT2D eigenvalue weighted by atomic mass is 16.1. The number of rotatable bonds is 5. The zero-order chi connectivity index (χ0) is 11.8. The van der Waals surface area contributed by atoms with Gasteiger partial charge in [-0.15, -0.1) is 5.11 Å². The molecule has 0 amide bonds. The van der Waals surface area contributed by atoms with E-state index in [-0.39, 0.29) is 5.78 Å². The van der Waals surface area contributed by atoms with E-state index >= 15 is 0 Å². The van der Waals surface area contributed by atoms with Crippen molar-refractivity contribution in [1.29, 1.82) is 0 Å². The molecule has 0 fully saturated rings. The molecule has 0 saturated carbocycles. The van der Waals surface area contributed by atoms with Crippen molar-refractivity contribution >= 4 is 17.8 Å². The zero-order valence-corrected chi connectivity index (χ0v) is 9.13. The number of hydrogen-bond donors (Lipinski definition) is 1. The van der Waals surface area contributed by atoms with Crippen LogP contribution in [0.4, 0.5) is 5.69 Å². The van der Waals surface area contributed by atoms with Gasteiger partial charge in [-0.3, -0.25) is 4.79 Å². The van der Waals surface area contributed by atoms with Gasteiger partial charge < -0.3 is 5.84 Å². The second-order valence-corrected chi connectivity index (χ2v) is 3.17. The molecule has 0 bridgehead atoms. The van der Waals surface area contributed by atoms with Crippen LogP contribution in [0, 0.1) is 0 Å². The monoisotopic (exact) mass is 218 g/mol. The molecule has 0 unspecified atom stereocenters. The molecule has 0 aliphatic carbocycles. The van der Waals surface area contributed by atoms with Gasteiger partial charge in [-0.25, -0.2) is 4.99 Å². The van der Waals surface area contributed by atoms with Crippen LogP contribution in [-0.2, 0) is 11.2 Å². The minimum atomic E-state index is 0.183. The standard InChI is InChI=1S/C11H14N4O/c1-2-10(16)7-9-5-3-4-6-11(9)13-8-14-15-12/h3-6,8H,2,7H2,1H3,(H2,12,13,14). The van der Waals surface area contributed by atoms with E-state index in [4.69, 9.17) is 5.84 Å². The van der Waals surface area contributed by atoms with Gasteiger partial charge in [0.15, 0.2) is 0 Å². The molecule has 5 heteroatoms. The van der Waals surface area contributed by atoms with Crippen LogP contribution in [0.2, 0.25) is 0 Å². The number of nitrogens with zero attached hydrogens (tertiary/aromatic N) is 3. The second kappa shape index (κ2) is 6.44. The Bertz CT molecular complexity index is 412. The molecule has 0 atom stereocenters. The SMILES string of the molecule is CCC(=O)Cc1ccccc1N=CN=NN. The Morgan fingerprint density at radius 3 is 2.88 bits per heavy atom. The van der Waals surface area contributed by atoms with E-state index in [2.05, 4.69) is 15.3 Å². The van der Waals surface area contributed by atoms with Crippen molar-refractivity contribution in [3.8, 4) is 0 Å². The highest BCUT2D eigenvalue weighted by Crippen LogP contribution is 2.19. The Balaban J connectivity index is 2.87. The van der Waals surface area contributed by atoms with Crippen molar-refractivity contribution in [1.82, 2.24) is 0 Å². The third-order valence-electron chi connectivity index (χ3n) is 2.09. The van der Waals surface area contributed by atoms with Crippen LogP contribution in [0.15, 0.2) is 39.6 Å². The fourth-order valence-corrected chi connectivity index (χ4v) is 1.24. The van der Waals surface area contributed by atoms with Crippen LogP contribution in [0.25, 0.3) is 0 Å². The topological polar surface area (TPSA) is 80.2 Å². The van der Waals surface area contributed by atoms with E-state index in [0.29, 0.717) is 12.8 Å². The van der Waals surface area contributed by atoms with E-state index in [0.717, 1.165) is 11.3 Å². The van der Waals surface area contributed by atoms with Gasteiger partial charge in [0.2, 0.25) is 0 Å². The zero-order valence-electron chi connectivity index (χ0n) is 9.13. The fraction of sp³-hybridized carbons (Fsp3) is 0.273. The molecule has 84 valence electrons. The molecule has 0 saturated heterocycles. The van der Waals surface area contributed by atoms with E-state index in [1.54, 1.807) is 0 Å². The summed E-state index contributed by atoms with van der Waals surface area (Å²) in [6.07, 6.45) is 2.18. The van der Waals surface area contributed by atoms with Crippen molar-refractivity contribution in [2.75, 3.05) is 0 Å². The number of carbonyl (C=O) groups is 1. The lowest BCUT2D eigenvalue weighted by Crippen LogP contribution is -2.00. The van der Waals surface area contributed by atoms with Crippen molar-refractivity contribution in [2.45, 2.75) is 19.8 Å². The summed E-state index contributed by atoms with van der Waals surface area (Å²) in [5, 5.41) is 6.50. The Morgan fingerprint density at radius 2 is 2.19 bits per heavy atom. The van der Waals surface area contributed by atoms with Gasteiger partial charge in [0, 0.05) is 12.8 Å². The van der Waals surface area contributed by atoms with Gasteiger partial charge in [-0.05, 0) is 11.6 Å². The smallest absolute Gasteiger partial charge is 0.140 e. The van der Waals surface area contributed by atoms with E-state index in [1.807, 2.05) is 31.2 Å². The normalized spacial score (nSPS) is 11.3. The van der Waals surface area contributed by atoms with Crippen LogP contribution in [0.5, 0.6) is 0 Å². The lowest BCUT2D eigenvalue weighted by atomic mass is 10.1. The number of benzene rings is 1. The summed E-state index contributed by atoms with van der Waals surface area (Å²) in [4.78, 5) is 15.4. The Kier molecular flexibility index (Phi) is 4.85. The number of hydrogen-bond acceptors (Lipinski definition) is 3. The first-order chi connectivity index (χ1) is 7.77. The first-order valence-electron chi connectivity index (χ1n) is 5.00. The van der Waals surface area contributed by atoms with Gasteiger partial charge >= 0.3 is 0 Å². The van der Waals surface area contributed by atoms with Crippen LogP contribution in [0.1, 0.15) is 18.9 Å². The molecule has 2 N–H and O–H groups in total. The maximum absolute atomic E-state index is 11.3. The molecule has 1 aromatic rings. The van der Waals surface area contributed by atoms with Crippen LogP contribution in [0.3, 0.4) is 0 Å². The van der Waals surface area contributed by atoms with E-state index < -0.39 is 0 Å². The van der Waals surface area contributed by atoms with Gasteiger partial charge in [0.25, 0.3) is 0 Å². The average Bonchev–Trinajstić information content (AvgIpc) is 2.31. The molecule has 0 spiro atoms. The maximum atomic E-state index is 11.3. The number of para-hydroxylation sites is 1. The summed E-state index contributed by atoms with van der Waals surface area (Å²) in [7, 11) is 0. The summed E-state index contributed by atoms with van der Waals surface area (Å²) in [6, 6.07) is 7.43. The molecule has 0 aliphatic heterocycles. The minimum Gasteiger partial charge on any atom is -0.305 e. The van der Waals surface area contributed by atoms with Crippen molar-refractivity contribution in [2.24, 2.45) is 21.2 Å². The molecule has 0 aliphatic rings. The van der Waals surface area contributed by atoms with Crippen LogP contribution >= 0.6 is 0 Å². The number of nitrogens with two attached hydrogens (primary N) is 1. The van der Waals surface area contributed by atoms with Crippen molar-refractivity contribution in [3.05, 3.63) is 29.8 Å². The number of aliphatic imine (C=N–C) groups is 1. The summed E-state index contributed by atoms with van der Waals surface area (Å²) >= 11 is 0. The van der Waals surface area contributed by atoms with Gasteiger partial charge in [0.1, 0.15) is 12.1 Å². The lowest BCUT2D eigenvalue weighted by Gasteiger charge is -2.02. The predicted molar refractivity (Wildman–Crippen MR) is 62.6 cm³/mol. The quantitative estimate of drug-likeness (QED) is 0.270. The molecular weight excluding hydrogens is 204 g/mol. The molecule has 0 aromatic heterocycles. The fourth-order valence-electron chi connectivity index (χ4n) is 1.24. The Morgan fingerprint density at radius 1 is 1.44 bits per heavy atom. The largest absolute Gasteiger partial charge is 0.305 e. The summed E-state index contributed by atoms with van der Waals surface area (Å²) in [6.45, 7) is 1.84. The molecular formula is C11H14N4O. The van der Waals surface area contributed by atoms with Crippen molar-refractivity contribution in [3.63, 3.8) is 0 Å². The van der Waals surface area contributed by atoms with Crippen LogP contribution in [-0.4, -0.2) is 12.1 Å². The van der Waals surface area contributed by atoms with E-state index in [9.17, 15) is 4.79 Å². The van der Waals surface area contributed by atoms with Gasteiger partial charge in [-0.2, -0.15) is 0 Å². The second-order valence-electron chi connectivity index (χ2n) is 3.17. The molecule has 0 radical (unpaired) electrons. The number of Topliss-reactive ketones (excluding diaryl/α,β-unsaturated/α-hetero) is 1. The number of carbonyl (C=O) groups excluding carboxylic acids is 1. The van der Waals surface area contributed by atoms with Crippen LogP contribution < -0.4 is 5.84 Å². The average molecular weight is 218 g/mol. The highest BCUT2D eigenvalue weighted by molar-refractivity contribution is 5.82. The summed E-state index contributed by atoms with van der Waals surface area (Å²) in [5.74, 6) is 5.03. The highest BCUT2D eigenvalue weighted by Gasteiger charge is 2.04. The molecule has 1 rings (SSSR count). The Hall–Kier alpha value is -2.04. The third-order valence-corrected chi connectivity index (χ3v) is 2.09. The minimum absolute atomic E-state index is 0.183. The predicted octanol–water partition coefficient (Wildman–Crippen LogP) is 2.19. The molecule has 0 heterocycles. The Labute approximate surface area is 94.1 Å². The third kappa shape index (κ3) is 3.61. The van der Waals surface area contributed by atoms with Crippen molar-refractivity contribution < 1.29 is 4.79 Å². The molecule has 5 nitrogen and oxygen atoms in total. The molecule has 16 heavy (non-hydrogen) atoms. The summed E-state index contributed by atoms with van der Waals surface area (Å²) < 4.78 is 0. The van der Waals surface area contributed by atoms with Gasteiger partial charge in [-0.1, -0.05) is 30.3 Å². The lowest BCUT2D eigenvalue weighted by molar-refractivity contribution is -0.118. The number of ketones is 1. The first kappa shape index (κ1) is 12.0. The summed E-state index contributed by atoms with van der Waals surface area (Å²) in [5.41, 5.74) is 1.61. The first-order valence-corrected chi connectivity index (χ1v) is 5.00. The maximum Gasteiger partial charge on any atom is 0.140 e.